The number of carboxylic acid groups (broad SMARTS) is 1. The van der Waals surface area contributed by atoms with E-state index in [1.165, 1.54) is 45.6 Å². The highest BCUT2D eigenvalue weighted by atomic mass is 16.4. The van der Waals surface area contributed by atoms with Crippen molar-refractivity contribution < 1.29 is 15.0 Å². The lowest BCUT2D eigenvalue weighted by Gasteiger charge is -2.17. The van der Waals surface area contributed by atoms with Gasteiger partial charge in [0.2, 0.25) is 0 Å². The van der Waals surface area contributed by atoms with Gasteiger partial charge in [-0.25, -0.2) is 4.79 Å². The van der Waals surface area contributed by atoms with E-state index in [4.69, 9.17) is 10.2 Å². The van der Waals surface area contributed by atoms with Gasteiger partial charge >= 0.3 is 5.97 Å². The van der Waals surface area contributed by atoms with Crippen molar-refractivity contribution in [1.82, 2.24) is 9.80 Å². The molecule has 1 aliphatic heterocycles. The maximum Gasteiger partial charge on any atom is 0.332 e. The molecule has 0 aromatic rings. The molecule has 0 bridgehead atoms. The monoisotopic (exact) mass is 272 g/mol. The van der Waals surface area contributed by atoms with Crippen molar-refractivity contribution in [2.24, 2.45) is 0 Å². The van der Waals surface area contributed by atoms with E-state index in [0.717, 1.165) is 6.67 Å². The van der Waals surface area contributed by atoms with Crippen LogP contribution in [0.3, 0.4) is 0 Å². The van der Waals surface area contributed by atoms with Crippen LogP contribution in [0.4, 0.5) is 0 Å². The normalized spacial score (nSPS) is 15.2. The van der Waals surface area contributed by atoms with Gasteiger partial charge in [-0.2, -0.15) is 0 Å². The molecule has 0 fully saturated rings. The summed E-state index contributed by atoms with van der Waals surface area (Å²) in [7, 11) is 2.12. The number of aliphatic hydroxyl groups is 1. The van der Waals surface area contributed by atoms with Crippen LogP contribution in [0.25, 0.3) is 0 Å². The van der Waals surface area contributed by atoms with Gasteiger partial charge in [-0.05, 0) is 13.3 Å². The van der Waals surface area contributed by atoms with E-state index in [9.17, 15) is 4.79 Å². The summed E-state index contributed by atoms with van der Waals surface area (Å²) in [6.07, 6.45) is 9.99. The summed E-state index contributed by atoms with van der Waals surface area (Å²) in [4.78, 5) is 14.0. The molecule has 19 heavy (non-hydrogen) atoms. The van der Waals surface area contributed by atoms with Crippen LogP contribution >= 0.6 is 0 Å². The maximum absolute atomic E-state index is 9.45. The van der Waals surface area contributed by atoms with Crippen molar-refractivity contribution >= 4 is 5.97 Å². The smallest absolute Gasteiger partial charge is 0.332 e. The lowest BCUT2D eigenvalue weighted by molar-refractivity contribution is -0.145. The van der Waals surface area contributed by atoms with Crippen LogP contribution in [0.1, 0.15) is 46.0 Å². The quantitative estimate of drug-likeness (QED) is 0.695. The van der Waals surface area contributed by atoms with Gasteiger partial charge in [0, 0.05) is 26.0 Å². The summed E-state index contributed by atoms with van der Waals surface area (Å²) in [5, 5.41) is 15.8. The Labute approximate surface area is 116 Å². The Bertz CT molecular complexity index is 267. The number of aliphatic hydroxyl groups excluding tert-OH is 1. The zero-order valence-electron chi connectivity index (χ0n) is 12.4. The topological polar surface area (TPSA) is 64.0 Å². The molecule has 0 saturated heterocycles. The Morgan fingerprint density at radius 3 is 2.26 bits per heavy atom. The first kappa shape index (κ1) is 17.8. The molecule has 0 aliphatic carbocycles. The lowest BCUT2D eigenvalue weighted by atomic mass is 10.1. The van der Waals surface area contributed by atoms with Gasteiger partial charge in [0.05, 0.1) is 6.67 Å². The molecular formula is C14H28N2O3. The number of carboxylic acids is 1. The fraction of sp³-hybridized carbons (Fsp3) is 0.786. The number of nitrogens with zero attached hydrogens (tertiary/aromatic N) is 2. The minimum Gasteiger partial charge on any atom is -0.479 e. The van der Waals surface area contributed by atoms with E-state index in [2.05, 4.69) is 36.2 Å². The van der Waals surface area contributed by atoms with Crippen molar-refractivity contribution in [3.8, 4) is 0 Å². The number of rotatable bonds is 7. The van der Waals surface area contributed by atoms with Crippen LogP contribution in [0, 0.1) is 0 Å². The van der Waals surface area contributed by atoms with E-state index in [-0.39, 0.29) is 0 Å². The second kappa shape index (κ2) is 10.7. The third-order valence-electron chi connectivity index (χ3n) is 2.84. The molecular weight excluding hydrogens is 244 g/mol. The first-order valence-corrected chi connectivity index (χ1v) is 7.00. The average Bonchev–Trinajstić information content (AvgIpc) is 2.75. The molecule has 1 atom stereocenters. The minimum absolute atomic E-state index is 1.08. The summed E-state index contributed by atoms with van der Waals surface area (Å²) < 4.78 is 0. The van der Waals surface area contributed by atoms with Crippen molar-refractivity contribution in [1.29, 1.82) is 0 Å². The lowest BCUT2D eigenvalue weighted by Crippen LogP contribution is -2.23. The van der Waals surface area contributed by atoms with Crippen molar-refractivity contribution in [2.75, 3.05) is 20.3 Å². The van der Waals surface area contributed by atoms with Gasteiger partial charge in [-0.1, -0.05) is 32.6 Å². The molecule has 0 spiro atoms. The molecule has 0 radical (unpaired) electrons. The number of carbonyl (C=O) groups is 1. The predicted molar refractivity (Wildman–Crippen MR) is 76.6 cm³/mol. The fourth-order valence-corrected chi connectivity index (χ4v) is 1.65. The third-order valence-corrected chi connectivity index (χ3v) is 2.84. The molecule has 1 rings (SSSR count). The second-order valence-corrected chi connectivity index (χ2v) is 4.94. The molecule has 0 saturated carbocycles. The molecule has 1 aliphatic rings. The predicted octanol–water partition coefficient (Wildman–Crippen LogP) is 2.08. The van der Waals surface area contributed by atoms with Crippen LogP contribution in [0.15, 0.2) is 12.4 Å². The number of hydrogen-bond acceptors (Lipinski definition) is 4. The Balaban J connectivity index is 0.000000459. The zero-order chi connectivity index (χ0) is 14.7. The van der Waals surface area contributed by atoms with Gasteiger partial charge < -0.3 is 20.0 Å². The first-order chi connectivity index (χ1) is 8.97. The van der Waals surface area contributed by atoms with E-state index >= 15 is 0 Å². The molecule has 1 heterocycles. The summed E-state index contributed by atoms with van der Waals surface area (Å²) in [5.41, 5.74) is 0. The largest absolute Gasteiger partial charge is 0.479 e. The Hall–Kier alpha value is -1.23. The molecule has 0 amide bonds. The zero-order valence-corrected chi connectivity index (χ0v) is 12.4. The molecule has 112 valence electrons. The molecule has 2 N–H and O–H groups in total. The molecule has 0 aromatic carbocycles. The Morgan fingerprint density at radius 2 is 1.84 bits per heavy atom. The Kier molecular flexibility index (Phi) is 9.98. The Morgan fingerprint density at radius 1 is 1.26 bits per heavy atom. The molecule has 5 nitrogen and oxygen atoms in total. The van der Waals surface area contributed by atoms with Crippen LogP contribution in [-0.4, -0.2) is 52.3 Å². The number of aliphatic carboxylic acids is 1. The van der Waals surface area contributed by atoms with Gasteiger partial charge in [0.15, 0.2) is 0 Å². The summed E-state index contributed by atoms with van der Waals surface area (Å²) in [6, 6.07) is 0. The third kappa shape index (κ3) is 10.4. The average molecular weight is 272 g/mol. The second-order valence-electron chi connectivity index (χ2n) is 4.94. The van der Waals surface area contributed by atoms with Crippen molar-refractivity contribution in [3.63, 3.8) is 0 Å². The van der Waals surface area contributed by atoms with Crippen LogP contribution < -0.4 is 0 Å². The van der Waals surface area contributed by atoms with E-state index in [1.54, 1.807) is 0 Å². The molecule has 5 heteroatoms. The number of hydrogen-bond donors (Lipinski definition) is 2. The highest BCUT2D eigenvalue weighted by Gasteiger charge is 2.06. The highest BCUT2D eigenvalue weighted by molar-refractivity contribution is 5.71. The van der Waals surface area contributed by atoms with E-state index < -0.39 is 12.1 Å². The standard InChI is InChI=1S/C11H22N2.C3H6O3/c1-3-4-5-6-7-8-13-10-9-12(2)11-13;1-2(4)3(5)6/h9-10H,3-8,11H2,1-2H3;2,4H,1H3,(H,5,6). The minimum atomic E-state index is -1.23. The van der Waals surface area contributed by atoms with Gasteiger partial charge in [-0.3, -0.25) is 0 Å². The van der Waals surface area contributed by atoms with Crippen LogP contribution in [0.5, 0.6) is 0 Å². The summed E-state index contributed by atoms with van der Waals surface area (Å²) in [6.45, 7) is 5.76. The van der Waals surface area contributed by atoms with Crippen molar-refractivity contribution in [3.05, 3.63) is 12.4 Å². The van der Waals surface area contributed by atoms with Crippen LogP contribution in [-0.2, 0) is 4.79 Å². The van der Waals surface area contributed by atoms with Crippen LogP contribution in [0.2, 0.25) is 0 Å². The summed E-state index contributed by atoms with van der Waals surface area (Å²) in [5.74, 6) is -1.19. The highest BCUT2D eigenvalue weighted by Crippen LogP contribution is 2.07. The van der Waals surface area contributed by atoms with Crippen molar-refractivity contribution in [2.45, 2.75) is 52.1 Å². The maximum atomic E-state index is 9.45. The van der Waals surface area contributed by atoms with Gasteiger partial charge in [0.1, 0.15) is 6.10 Å². The molecule has 0 aromatic heterocycles. The van der Waals surface area contributed by atoms with E-state index in [0.29, 0.717) is 0 Å². The first-order valence-electron chi connectivity index (χ1n) is 7.00. The van der Waals surface area contributed by atoms with E-state index in [1.807, 2.05) is 0 Å². The van der Waals surface area contributed by atoms with Gasteiger partial charge in [-0.15, -0.1) is 0 Å². The summed E-state index contributed by atoms with van der Waals surface area (Å²) >= 11 is 0. The molecule has 1 unspecified atom stereocenters. The SMILES string of the molecule is CC(O)C(=O)O.CCCCCCCN1C=CN(C)C1. The number of unbranched alkanes of at least 4 members (excludes halogenated alkanes) is 4. The van der Waals surface area contributed by atoms with Gasteiger partial charge in [0.25, 0.3) is 0 Å². The fourth-order valence-electron chi connectivity index (χ4n) is 1.65.